The SMILES string of the molecule is CCN(CC)C(/C=C/c1ccccc1)C(=O)N(C)C. The van der Waals surface area contributed by atoms with Gasteiger partial charge >= 0.3 is 0 Å². The van der Waals surface area contributed by atoms with E-state index in [4.69, 9.17) is 0 Å². The molecule has 0 saturated heterocycles. The van der Waals surface area contributed by atoms with Gasteiger partial charge in [0.2, 0.25) is 5.91 Å². The van der Waals surface area contributed by atoms with E-state index in [1.54, 1.807) is 19.0 Å². The van der Waals surface area contributed by atoms with Crippen LogP contribution in [0.25, 0.3) is 6.08 Å². The number of nitrogens with zero attached hydrogens (tertiary/aromatic N) is 2. The first kappa shape index (κ1) is 15.4. The van der Waals surface area contributed by atoms with Gasteiger partial charge in [-0.2, -0.15) is 0 Å². The van der Waals surface area contributed by atoms with Gasteiger partial charge in [0.1, 0.15) is 6.04 Å². The van der Waals surface area contributed by atoms with Crippen LogP contribution in [0.5, 0.6) is 0 Å². The summed E-state index contributed by atoms with van der Waals surface area (Å²) in [5.41, 5.74) is 1.12. The Hall–Kier alpha value is -1.61. The van der Waals surface area contributed by atoms with Gasteiger partial charge < -0.3 is 4.90 Å². The first-order valence-corrected chi connectivity index (χ1v) is 6.78. The van der Waals surface area contributed by atoms with Crippen molar-refractivity contribution in [2.75, 3.05) is 27.2 Å². The van der Waals surface area contributed by atoms with E-state index in [0.717, 1.165) is 18.7 Å². The Balaban J connectivity index is 2.91. The van der Waals surface area contributed by atoms with Crippen molar-refractivity contribution >= 4 is 12.0 Å². The maximum Gasteiger partial charge on any atom is 0.243 e. The van der Waals surface area contributed by atoms with E-state index in [0.29, 0.717) is 0 Å². The molecule has 0 fully saturated rings. The molecule has 0 N–H and O–H groups in total. The van der Waals surface area contributed by atoms with Crippen LogP contribution in [0.1, 0.15) is 19.4 Å². The predicted molar refractivity (Wildman–Crippen MR) is 80.9 cm³/mol. The van der Waals surface area contributed by atoms with E-state index in [1.807, 2.05) is 42.5 Å². The predicted octanol–water partition coefficient (Wildman–Crippen LogP) is 2.50. The number of likely N-dealkylation sites (N-methyl/N-ethyl adjacent to an activating group) is 2. The second kappa shape index (κ2) is 7.74. The number of hydrogen-bond acceptors (Lipinski definition) is 2. The number of amides is 1. The second-order valence-electron chi connectivity index (χ2n) is 4.67. The lowest BCUT2D eigenvalue weighted by Gasteiger charge is -2.28. The Kier molecular flexibility index (Phi) is 6.30. The lowest BCUT2D eigenvalue weighted by atomic mass is 10.1. The molecule has 3 nitrogen and oxygen atoms in total. The fraction of sp³-hybridized carbons (Fsp3) is 0.438. The minimum atomic E-state index is -0.190. The van der Waals surface area contributed by atoms with Crippen molar-refractivity contribution in [3.8, 4) is 0 Å². The van der Waals surface area contributed by atoms with Crippen molar-refractivity contribution in [1.29, 1.82) is 0 Å². The molecule has 0 aliphatic rings. The van der Waals surface area contributed by atoms with Crippen molar-refractivity contribution in [3.05, 3.63) is 42.0 Å². The quantitative estimate of drug-likeness (QED) is 0.784. The van der Waals surface area contributed by atoms with Crippen molar-refractivity contribution in [2.24, 2.45) is 0 Å². The highest BCUT2D eigenvalue weighted by atomic mass is 16.2. The monoisotopic (exact) mass is 260 g/mol. The van der Waals surface area contributed by atoms with E-state index >= 15 is 0 Å². The summed E-state index contributed by atoms with van der Waals surface area (Å²) in [5.74, 6) is 0.121. The van der Waals surface area contributed by atoms with Crippen molar-refractivity contribution in [1.82, 2.24) is 9.80 Å². The molecule has 1 rings (SSSR count). The Morgan fingerprint density at radius 1 is 1.16 bits per heavy atom. The van der Waals surface area contributed by atoms with Crippen LogP contribution in [0.4, 0.5) is 0 Å². The standard InChI is InChI=1S/C16H24N2O/c1-5-18(6-2)15(16(19)17(3)4)13-12-14-10-8-7-9-11-14/h7-13,15H,5-6H2,1-4H3/b13-12+. The number of carbonyl (C=O) groups excluding carboxylic acids is 1. The van der Waals surface area contributed by atoms with Gasteiger partial charge in [-0.25, -0.2) is 0 Å². The molecule has 0 aromatic heterocycles. The zero-order valence-electron chi connectivity index (χ0n) is 12.3. The average Bonchev–Trinajstić information content (AvgIpc) is 2.43. The third-order valence-electron chi connectivity index (χ3n) is 3.17. The molecule has 0 spiro atoms. The molecule has 1 aromatic carbocycles. The molecule has 0 saturated carbocycles. The Morgan fingerprint density at radius 2 is 1.74 bits per heavy atom. The van der Waals surface area contributed by atoms with Gasteiger partial charge in [0.25, 0.3) is 0 Å². The molecule has 104 valence electrons. The first-order chi connectivity index (χ1) is 9.10. The minimum Gasteiger partial charge on any atom is -0.347 e. The van der Waals surface area contributed by atoms with Gasteiger partial charge in [0, 0.05) is 14.1 Å². The second-order valence-corrected chi connectivity index (χ2v) is 4.67. The Bertz CT molecular complexity index is 408. The van der Waals surface area contributed by atoms with Crippen molar-refractivity contribution < 1.29 is 4.79 Å². The van der Waals surface area contributed by atoms with E-state index < -0.39 is 0 Å². The smallest absolute Gasteiger partial charge is 0.243 e. The summed E-state index contributed by atoms with van der Waals surface area (Å²) < 4.78 is 0. The van der Waals surface area contributed by atoms with Crippen LogP contribution in [0, 0.1) is 0 Å². The zero-order valence-corrected chi connectivity index (χ0v) is 12.3. The van der Waals surface area contributed by atoms with Crippen LogP contribution in [-0.4, -0.2) is 48.9 Å². The summed E-state index contributed by atoms with van der Waals surface area (Å²) in [7, 11) is 3.60. The highest BCUT2D eigenvalue weighted by molar-refractivity contribution is 5.84. The van der Waals surface area contributed by atoms with Crippen molar-refractivity contribution in [2.45, 2.75) is 19.9 Å². The summed E-state index contributed by atoms with van der Waals surface area (Å²) in [6.45, 7) is 5.88. The van der Waals surface area contributed by atoms with Gasteiger partial charge in [0.15, 0.2) is 0 Å². The zero-order chi connectivity index (χ0) is 14.3. The van der Waals surface area contributed by atoms with E-state index in [-0.39, 0.29) is 11.9 Å². The van der Waals surface area contributed by atoms with Crippen LogP contribution in [0.3, 0.4) is 0 Å². The number of hydrogen-bond donors (Lipinski definition) is 0. The van der Waals surface area contributed by atoms with Gasteiger partial charge in [-0.1, -0.05) is 56.3 Å². The van der Waals surface area contributed by atoms with Crippen molar-refractivity contribution in [3.63, 3.8) is 0 Å². The Morgan fingerprint density at radius 3 is 2.21 bits per heavy atom. The third kappa shape index (κ3) is 4.52. The highest BCUT2D eigenvalue weighted by Crippen LogP contribution is 2.08. The van der Waals surface area contributed by atoms with Gasteiger partial charge in [-0.3, -0.25) is 9.69 Å². The molecule has 1 unspecified atom stereocenters. The van der Waals surface area contributed by atoms with Gasteiger partial charge in [0.05, 0.1) is 0 Å². The largest absolute Gasteiger partial charge is 0.347 e. The molecular weight excluding hydrogens is 236 g/mol. The molecule has 1 amide bonds. The van der Waals surface area contributed by atoms with Gasteiger partial charge in [-0.05, 0) is 18.7 Å². The fourth-order valence-corrected chi connectivity index (χ4v) is 2.01. The summed E-state index contributed by atoms with van der Waals surface area (Å²) in [6.07, 6.45) is 4.01. The maximum atomic E-state index is 12.3. The van der Waals surface area contributed by atoms with Crippen LogP contribution >= 0.6 is 0 Å². The molecule has 0 aliphatic heterocycles. The summed E-state index contributed by atoms with van der Waals surface area (Å²) >= 11 is 0. The minimum absolute atomic E-state index is 0.121. The average molecular weight is 260 g/mol. The summed E-state index contributed by atoms with van der Waals surface area (Å²) in [6, 6.07) is 9.88. The molecular formula is C16H24N2O. The topological polar surface area (TPSA) is 23.6 Å². The normalized spacial score (nSPS) is 12.9. The third-order valence-corrected chi connectivity index (χ3v) is 3.17. The van der Waals surface area contributed by atoms with E-state index in [9.17, 15) is 4.79 Å². The number of carbonyl (C=O) groups is 1. The van der Waals surface area contributed by atoms with E-state index in [1.165, 1.54) is 0 Å². The van der Waals surface area contributed by atoms with Crippen LogP contribution in [0.15, 0.2) is 36.4 Å². The highest BCUT2D eigenvalue weighted by Gasteiger charge is 2.22. The molecule has 0 bridgehead atoms. The molecule has 0 radical (unpaired) electrons. The molecule has 0 aliphatic carbocycles. The molecule has 3 heteroatoms. The fourth-order valence-electron chi connectivity index (χ4n) is 2.01. The lowest BCUT2D eigenvalue weighted by Crippen LogP contribution is -2.45. The summed E-state index contributed by atoms with van der Waals surface area (Å²) in [5, 5.41) is 0. The van der Waals surface area contributed by atoms with Gasteiger partial charge in [-0.15, -0.1) is 0 Å². The van der Waals surface area contributed by atoms with Crippen LogP contribution in [0.2, 0.25) is 0 Å². The number of benzene rings is 1. The maximum absolute atomic E-state index is 12.3. The van der Waals surface area contributed by atoms with E-state index in [2.05, 4.69) is 18.7 Å². The summed E-state index contributed by atoms with van der Waals surface area (Å²) in [4.78, 5) is 16.1. The first-order valence-electron chi connectivity index (χ1n) is 6.78. The molecule has 1 atom stereocenters. The lowest BCUT2D eigenvalue weighted by molar-refractivity contribution is -0.132. The van der Waals surface area contributed by atoms with Crippen LogP contribution < -0.4 is 0 Å². The molecule has 19 heavy (non-hydrogen) atoms. The van der Waals surface area contributed by atoms with Crippen LogP contribution in [-0.2, 0) is 4.79 Å². The molecule has 0 heterocycles. The molecule has 1 aromatic rings. The number of rotatable bonds is 6. The Labute approximate surface area is 116 Å².